The third-order valence-corrected chi connectivity index (χ3v) is 5.55. The van der Waals surface area contributed by atoms with Gasteiger partial charge in [-0.05, 0) is 55.3 Å². The van der Waals surface area contributed by atoms with Crippen LogP contribution in [0.5, 0.6) is 5.75 Å². The summed E-state index contributed by atoms with van der Waals surface area (Å²) in [6.07, 6.45) is 0. The first-order valence-electron chi connectivity index (χ1n) is 8.57. The molecule has 0 aromatic heterocycles. The molecule has 2 N–H and O–H groups in total. The van der Waals surface area contributed by atoms with Gasteiger partial charge in [0.1, 0.15) is 5.75 Å². The number of rotatable bonds is 7. The number of sulfonamides is 1. The van der Waals surface area contributed by atoms with Crippen molar-refractivity contribution in [2.24, 2.45) is 0 Å². The van der Waals surface area contributed by atoms with Gasteiger partial charge in [-0.3, -0.25) is 25.3 Å². The van der Waals surface area contributed by atoms with Crippen LogP contribution in [0.1, 0.15) is 21.5 Å². The van der Waals surface area contributed by atoms with E-state index < -0.39 is 21.8 Å². The highest BCUT2D eigenvalue weighted by molar-refractivity contribution is 7.89. The molecule has 0 saturated heterocycles. The van der Waals surface area contributed by atoms with Gasteiger partial charge in [0.25, 0.3) is 21.8 Å². The van der Waals surface area contributed by atoms with Crippen molar-refractivity contribution < 1.29 is 27.6 Å². The van der Waals surface area contributed by atoms with Crippen LogP contribution in [0, 0.1) is 13.8 Å². The quantitative estimate of drug-likeness (QED) is 0.652. The van der Waals surface area contributed by atoms with Gasteiger partial charge in [-0.25, -0.2) is 8.42 Å². The Kier molecular flexibility index (Phi) is 7.32. The first-order chi connectivity index (χ1) is 13.6. The van der Waals surface area contributed by atoms with Gasteiger partial charge in [0.2, 0.25) is 0 Å². The Labute approximate surface area is 169 Å². The smallest absolute Gasteiger partial charge is 0.276 e. The van der Waals surface area contributed by atoms with E-state index in [2.05, 4.69) is 10.9 Å². The number of hydrogen-bond acceptors (Lipinski definition) is 6. The van der Waals surface area contributed by atoms with E-state index in [1.54, 1.807) is 12.1 Å². The van der Waals surface area contributed by atoms with Crippen LogP contribution in [-0.4, -0.2) is 45.5 Å². The molecule has 10 heteroatoms. The fourth-order valence-electron chi connectivity index (χ4n) is 2.44. The summed E-state index contributed by atoms with van der Waals surface area (Å²) in [4.78, 5) is 28.7. The number of benzene rings is 2. The second kappa shape index (κ2) is 9.50. The molecule has 0 aliphatic rings. The zero-order valence-electron chi connectivity index (χ0n) is 16.6. The van der Waals surface area contributed by atoms with Crippen molar-refractivity contribution >= 4 is 21.8 Å². The molecule has 156 valence electrons. The minimum absolute atomic E-state index is 0.0473. The molecular weight excluding hydrogens is 398 g/mol. The Morgan fingerprint density at radius 2 is 1.69 bits per heavy atom. The topological polar surface area (TPSA) is 114 Å². The molecule has 29 heavy (non-hydrogen) atoms. The molecule has 2 aromatic rings. The number of hydrogen-bond donors (Lipinski definition) is 2. The summed E-state index contributed by atoms with van der Waals surface area (Å²) in [7, 11) is -1.45. The first kappa shape index (κ1) is 22.3. The number of hydrazine groups is 1. The first-order valence-corrected chi connectivity index (χ1v) is 10.0. The van der Waals surface area contributed by atoms with E-state index in [-0.39, 0.29) is 17.1 Å². The average Bonchev–Trinajstić information content (AvgIpc) is 2.69. The van der Waals surface area contributed by atoms with E-state index in [4.69, 9.17) is 9.57 Å². The molecule has 0 bridgehead atoms. The molecule has 2 amide bonds. The second-order valence-corrected chi connectivity index (χ2v) is 8.18. The highest BCUT2D eigenvalue weighted by atomic mass is 32.2. The van der Waals surface area contributed by atoms with E-state index in [1.807, 2.05) is 19.9 Å². The summed E-state index contributed by atoms with van der Waals surface area (Å²) < 4.78 is 30.6. The summed E-state index contributed by atoms with van der Waals surface area (Å²) in [5.41, 5.74) is 6.50. The maximum atomic E-state index is 12.3. The third-order valence-electron chi connectivity index (χ3n) is 3.87. The number of ether oxygens (including phenoxy) is 1. The van der Waals surface area contributed by atoms with Crippen LogP contribution in [0.3, 0.4) is 0 Å². The molecule has 2 aromatic carbocycles. The molecule has 0 saturated carbocycles. The van der Waals surface area contributed by atoms with Crippen LogP contribution >= 0.6 is 0 Å². The van der Waals surface area contributed by atoms with Crippen molar-refractivity contribution in [3.8, 4) is 5.75 Å². The molecule has 0 heterocycles. The maximum absolute atomic E-state index is 12.3. The van der Waals surface area contributed by atoms with Gasteiger partial charge in [-0.2, -0.15) is 0 Å². The number of carbonyl (C=O) groups excluding carboxylic acids is 2. The predicted octanol–water partition coefficient (Wildman–Crippen LogP) is 1.33. The monoisotopic (exact) mass is 421 g/mol. The highest BCUT2D eigenvalue weighted by Gasteiger charge is 2.22. The van der Waals surface area contributed by atoms with Crippen molar-refractivity contribution in [1.29, 1.82) is 0 Å². The minimum atomic E-state index is -3.90. The Morgan fingerprint density at radius 3 is 2.31 bits per heavy atom. The molecule has 2 rings (SSSR count). The molecule has 0 radical (unpaired) electrons. The SMILES string of the molecule is CON(C)S(=O)(=O)c1cccc(C(=O)NNC(=O)COc2cc(C)cc(C)c2)c1. The largest absolute Gasteiger partial charge is 0.484 e. The van der Waals surface area contributed by atoms with Crippen LogP contribution < -0.4 is 15.6 Å². The summed E-state index contributed by atoms with van der Waals surface area (Å²) in [5.74, 6) is -0.702. The number of aryl methyl sites for hydroxylation is 2. The van der Waals surface area contributed by atoms with Crippen LogP contribution in [0.15, 0.2) is 47.4 Å². The van der Waals surface area contributed by atoms with Gasteiger partial charge < -0.3 is 4.74 Å². The molecule has 0 atom stereocenters. The van der Waals surface area contributed by atoms with Crippen LogP contribution in [0.4, 0.5) is 0 Å². The number of nitrogens with zero attached hydrogens (tertiary/aromatic N) is 1. The second-order valence-electron chi connectivity index (χ2n) is 6.24. The Bertz CT molecular complexity index is 987. The lowest BCUT2D eigenvalue weighted by Crippen LogP contribution is -2.43. The van der Waals surface area contributed by atoms with Crippen molar-refractivity contribution in [2.45, 2.75) is 18.7 Å². The maximum Gasteiger partial charge on any atom is 0.276 e. The summed E-state index contributed by atoms with van der Waals surface area (Å²) in [5, 5.41) is 0. The Balaban J connectivity index is 1.95. The number of hydroxylamine groups is 1. The van der Waals surface area contributed by atoms with E-state index in [0.29, 0.717) is 10.2 Å². The molecule has 0 spiro atoms. The summed E-state index contributed by atoms with van der Waals surface area (Å²) >= 11 is 0. The standard InChI is InChI=1S/C19H23N3O6S/c1-13-8-14(2)10-16(9-13)28-12-18(23)20-21-19(24)15-6-5-7-17(11-15)29(25,26)22(3)27-4/h5-11H,12H2,1-4H3,(H,20,23)(H,21,24). The number of carbonyl (C=O) groups is 2. The zero-order valence-corrected chi connectivity index (χ0v) is 17.4. The lowest BCUT2D eigenvalue weighted by atomic mass is 10.1. The number of nitrogens with one attached hydrogen (secondary N) is 2. The molecule has 0 unspecified atom stereocenters. The normalized spacial score (nSPS) is 11.2. The molecule has 0 fully saturated rings. The van der Waals surface area contributed by atoms with Gasteiger partial charge in [-0.1, -0.05) is 16.6 Å². The average molecular weight is 421 g/mol. The van der Waals surface area contributed by atoms with Crippen LogP contribution in [-0.2, 0) is 19.7 Å². The van der Waals surface area contributed by atoms with Crippen molar-refractivity contribution in [3.05, 3.63) is 59.2 Å². The van der Waals surface area contributed by atoms with Gasteiger partial charge in [-0.15, -0.1) is 0 Å². The van der Waals surface area contributed by atoms with Crippen molar-refractivity contribution in [2.75, 3.05) is 20.8 Å². The van der Waals surface area contributed by atoms with E-state index in [1.165, 1.54) is 38.4 Å². The fraction of sp³-hybridized carbons (Fsp3) is 0.263. The highest BCUT2D eigenvalue weighted by Crippen LogP contribution is 2.17. The van der Waals surface area contributed by atoms with Gasteiger partial charge in [0.05, 0.1) is 12.0 Å². The van der Waals surface area contributed by atoms with Gasteiger partial charge in [0.15, 0.2) is 6.61 Å². The van der Waals surface area contributed by atoms with E-state index in [0.717, 1.165) is 11.1 Å². The van der Waals surface area contributed by atoms with E-state index >= 15 is 0 Å². The molecule has 9 nitrogen and oxygen atoms in total. The Morgan fingerprint density at radius 1 is 1.03 bits per heavy atom. The van der Waals surface area contributed by atoms with E-state index in [9.17, 15) is 18.0 Å². The minimum Gasteiger partial charge on any atom is -0.484 e. The fourth-order valence-corrected chi connectivity index (χ4v) is 3.46. The molecular formula is C19H23N3O6S. The van der Waals surface area contributed by atoms with Crippen molar-refractivity contribution in [1.82, 2.24) is 15.3 Å². The molecule has 0 aliphatic heterocycles. The number of amides is 2. The Hall–Kier alpha value is -2.95. The summed E-state index contributed by atoms with van der Waals surface area (Å²) in [6, 6.07) is 10.9. The van der Waals surface area contributed by atoms with Crippen LogP contribution in [0.2, 0.25) is 0 Å². The zero-order chi connectivity index (χ0) is 21.6. The van der Waals surface area contributed by atoms with Gasteiger partial charge >= 0.3 is 0 Å². The van der Waals surface area contributed by atoms with Crippen molar-refractivity contribution in [3.63, 3.8) is 0 Å². The van der Waals surface area contributed by atoms with Crippen LogP contribution in [0.25, 0.3) is 0 Å². The lowest BCUT2D eigenvalue weighted by Gasteiger charge is -2.14. The summed E-state index contributed by atoms with van der Waals surface area (Å²) in [6.45, 7) is 3.54. The predicted molar refractivity (Wildman–Crippen MR) is 105 cm³/mol. The lowest BCUT2D eigenvalue weighted by molar-refractivity contribution is -0.123. The molecule has 0 aliphatic carbocycles. The third kappa shape index (κ3) is 6.01. The van der Waals surface area contributed by atoms with Gasteiger partial charge in [0, 0.05) is 12.6 Å².